The van der Waals surface area contributed by atoms with Crippen molar-refractivity contribution in [2.24, 2.45) is 0 Å². The molecule has 2 heterocycles. The predicted molar refractivity (Wildman–Crippen MR) is 84.4 cm³/mol. The summed E-state index contributed by atoms with van der Waals surface area (Å²) in [5, 5.41) is 3.71. The van der Waals surface area contributed by atoms with Crippen LogP contribution in [0, 0.1) is 0 Å². The molecule has 3 rings (SSSR count). The first kappa shape index (κ1) is 17.6. The van der Waals surface area contributed by atoms with Gasteiger partial charge >= 0.3 is 15.6 Å². The highest BCUT2D eigenvalue weighted by Gasteiger charge is 2.48. The van der Waals surface area contributed by atoms with Gasteiger partial charge in [-0.05, 0) is 60.1 Å². The number of alkyl halides is 3. The molecule has 0 atom stereocenters. The molecule has 5 nitrogen and oxygen atoms in total. The van der Waals surface area contributed by atoms with E-state index in [1.807, 2.05) is 0 Å². The summed E-state index contributed by atoms with van der Waals surface area (Å²) in [4.78, 5) is 0. The Hall–Kier alpha value is -1.26. The van der Waals surface area contributed by atoms with E-state index in [1.165, 1.54) is 6.07 Å². The SMILES string of the molecule is O=S(=O)(Oc1cc(Br)c2oc(C3CCNCC3)cc2c1)C(F)(F)F. The zero-order chi connectivity index (χ0) is 17.5. The first-order valence-electron chi connectivity index (χ1n) is 7.12. The van der Waals surface area contributed by atoms with E-state index < -0.39 is 21.4 Å². The molecule has 0 spiro atoms. The molecule has 0 radical (unpaired) electrons. The number of rotatable bonds is 3. The lowest BCUT2D eigenvalue weighted by molar-refractivity contribution is -0.0500. The van der Waals surface area contributed by atoms with Gasteiger partial charge < -0.3 is 13.9 Å². The summed E-state index contributed by atoms with van der Waals surface area (Å²) in [5.41, 5.74) is -5.04. The fourth-order valence-corrected chi connectivity index (χ4v) is 3.61. The van der Waals surface area contributed by atoms with Crippen LogP contribution in [-0.2, 0) is 10.1 Å². The van der Waals surface area contributed by atoms with Crippen molar-refractivity contribution in [3.63, 3.8) is 0 Å². The van der Waals surface area contributed by atoms with E-state index in [9.17, 15) is 21.6 Å². The molecule has 1 aromatic carbocycles. The number of benzene rings is 1. The lowest BCUT2D eigenvalue weighted by Crippen LogP contribution is -2.28. The van der Waals surface area contributed by atoms with Crippen LogP contribution in [-0.4, -0.2) is 27.0 Å². The quantitative estimate of drug-likeness (QED) is 0.594. The molecule has 1 fully saturated rings. The molecule has 1 aliphatic heterocycles. The minimum atomic E-state index is -5.71. The molecule has 0 amide bonds. The van der Waals surface area contributed by atoms with E-state index in [2.05, 4.69) is 25.4 Å². The average Bonchev–Trinajstić information content (AvgIpc) is 2.91. The Labute approximate surface area is 144 Å². The Morgan fingerprint density at radius 2 is 1.88 bits per heavy atom. The van der Waals surface area contributed by atoms with Gasteiger partial charge in [0.25, 0.3) is 0 Å². The topological polar surface area (TPSA) is 68.5 Å². The third-order valence-electron chi connectivity index (χ3n) is 3.79. The van der Waals surface area contributed by atoms with Crippen molar-refractivity contribution in [1.29, 1.82) is 0 Å². The van der Waals surface area contributed by atoms with Gasteiger partial charge in [-0.3, -0.25) is 0 Å². The summed E-state index contributed by atoms with van der Waals surface area (Å²) in [6.07, 6.45) is 1.78. The molecule has 10 heteroatoms. The lowest BCUT2D eigenvalue weighted by Gasteiger charge is -2.20. The highest BCUT2D eigenvalue weighted by molar-refractivity contribution is 9.10. The summed E-state index contributed by atoms with van der Waals surface area (Å²) in [6.45, 7) is 1.72. The molecular formula is C14H13BrF3NO4S. The molecule has 0 aliphatic carbocycles. The summed E-state index contributed by atoms with van der Waals surface area (Å²) in [7, 11) is -5.71. The van der Waals surface area contributed by atoms with Gasteiger partial charge in [0, 0.05) is 11.3 Å². The zero-order valence-corrected chi connectivity index (χ0v) is 14.6. The molecule has 1 aromatic heterocycles. The number of piperidine rings is 1. The van der Waals surface area contributed by atoms with E-state index in [-0.39, 0.29) is 5.92 Å². The lowest BCUT2D eigenvalue weighted by atomic mass is 9.95. The van der Waals surface area contributed by atoms with Gasteiger partial charge in [-0.25, -0.2) is 0 Å². The Kier molecular flexibility index (Phi) is 4.56. The second-order valence-corrected chi connectivity index (χ2v) is 7.87. The van der Waals surface area contributed by atoms with Crippen molar-refractivity contribution in [3.8, 4) is 5.75 Å². The number of hydrogen-bond donors (Lipinski definition) is 1. The van der Waals surface area contributed by atoms with Crippen LogP contribution in [0.3, 0.4) is 0 Å². The van der Waals surface area contributed by atoms with Crippen LogP contribution in [0.25, 0.3) is 11.0 Å². The Bertz CT molecular complexity index is 857. The zero-order valence-electron chi connectivity index (χ0n) is 12.2. The number of halogens is 4. The second-order valence-electron chi connectivity index (χ2n) is 5.48. The molecule has 24 heavy (non-hydrogen) atoms. The van der Waals surface area contributed by atoms with E-state index >= 15 is 0 Å². The summed E-state index contributed by atoms with van der Waals surface area (Å²) in [5.74, 6) is 0.515. The van der Waals surface area contributed by atoms with Crippen molar-refractivity contribution in [2.75, 3.05) is 13.1 Å². The van der Waals surface area contributed by atoms with Crippen LogP contribution in [0.5, 0.6) is 5.75 Å². The minimum absolute atomic E-state index is 0.217. The number of hydrogen-bond acceptors (Lipinski definition) is 5. The molecule has 1 aliphatic rings. The molecular weight excluding hydrogens is 415 g/mol. The normalized spacial score (nSPS) is 17.3. The molecule has 2 aromatic rings. The van der Waals surface area contributed by atoms with Gasteiger partial charge in [0.15, 0.2) is 0 Å². The van der Waals surface area contributed by atoms with E-state index in [0.29, 0.717) is 15.4 Å². The van der Waals surface area contributed by atoms with Gasteiger partial charge in [-0.15, -0.1) is 0 Å². The highest BCUT2D eigenvalue weighted by Crippen LogP contribution is 2.37. The largest absolute Gasteiger partial charge is 0.534 e. The van der Waals surface area contributed by atoms with Crippen molar-refractivity contribution in [1.82, 2.24) is 5.32 Å². The second kappa shape index (κ2) is 6.23. The molecule has 132 valence electrons. The minimum Gasteiger partial charge on any atom is -0.460 e. The maximum absolute atomic E-state index is 12.4. The monoisotopic (exact) mass is 427 g/mol. The Balaban J connectivity index is 1.95. The summed E-state index contributed by atoms with van der Waals surface area (Å²) < 4.78 is 69.8. The Morgan fingerprint density at radius 1 is 1.21 bits per heavy atom. The van der Waals surface area contributed by atoms with Crippen LogP contribution in [0.2, 0.25) is 0 Å². The predicted octanol–water partition coefficient (Wildman–Crippen LogP) is 3.89. The fourth-order valence-electron chi connectivity index (χ4n) is 2.63. The van der Waals surface area contributed by atoms with Gasteiger partial charge in [-0.2, -0.15) is 21.6 Å². The molecule has 0 bridgehead atoms. The molecule has 1 N–H and O–H groups in total. The maximum Gasteiger partial charge on any atom is 0.534 e. The van der Waals surface area contributed by atoms with E-state index in [4.69, 9.17) is 4.42 Å². The highest BCUT2D eigenvalue weighted by atomic mass is 79.9. The van der Waals surface area contributed by atoms with Gasteiger partial charge in [0.05, 0.1) is 4.47 Å². The summed E-state index contributed by atoms with van der Waals surface area (Å²) >= 11 is 3.18. The van der Waals surface area contributed by atoms with E-state index in [1.54, 1.807) is 6.07 Å². The summed E-state index contributed by atoms with van der Waals surface area (Å²) in [6, 6.07) is 4.07. The van der Waals surface area contributed by atoms with Crippen molar-refractivity contribution in [2.45, 2.75) is 24.3 Å². The van der Waals surface area contributed by atoms with Crippen LogP contribution in [0.1, 0.15) is 24.5 Å². The van der Waals surface area contributed by atoms with Crippen LogP contribution >= 0.6 is 15.9 Å². The van der Waals surface area contributed by atoms with Crippen LogP contribution in [0.4, 0.5) is 13.2 Å². The van der Waals surface area contributed by atoms with Crippen molar-refractivity contribution >= 4 is 37.0 Å². The van der Waals surface area contributed by atoms with Crippen molar-refractivity contribution in [3.05, 3.63) is 28.4 Å². The maximum atomic E-state index is 12.4. The number of nitrogens with one attached hydrogen (secondary N) is 1. The standard InChI is InChI=1S/C14H13BrF3NO4S/c15-11-7-10(23-24(20,21)14(16,17)18)5-9-6-12(22-13(9)11)8-1-3-19-4-2-8/h5-8,19H,1-4H2. The first-order valence-corrected chi connectivity index (χ1v) is 9.32. The van der Waals surface area contributed by atoms with E-state index in [0.717, 1.165) is 37.8 Å². The molecule has 1 saturated heterocycles. The Morgan fingerprint density at radius 3 is 2.50 bits per heavy atom. The van der Waals surface area contributed by atoms with Gasteiger partial charge in [0.2, 0.25) is 0 Å². The first-order chi connectivity index (χ1) is 11.2. The van der Waals surface area contributed by atoms with Crippen LogP contribution < -0.4 is 9.50 Å². The smallest absolute Gasteiger partial charge is 0.460 e. The third kappa shape index (κ3) is 3.40. The average molecular weight is 428 g/mol. The number of fused-ring (bicyclic) bond motifs is 1. The van der Waals surface area contributed by atoms with Crippen molar-refractivity contribution < 1.29 is 30.2 Å². The third-order valence-corrected chi connectivity index (χ3v) is 5.36. The van der Waals surface area contributed by atoms with Gasteiger partial charge in [0.1, 0.15) is 17.1 Å². The molecule has 0 saturated carbocycles. The van der Waals surface area contributed by atoms with Crippen LogP contribution in [0.15, 0.2) is 27.1 Å². The fraction of sp³-hybridized carbons (Fsp3) is 0.429. The van der Waals surface area contributed by atoms with Gasteiger partial charge in [-0.1, -0.05) is 0 Å². The number of furan rings is 1. The molecule has 0 unspecified atom stereocenters.